The number of carbonyl (C=O) groups is 2. The minimum Gasteiger partial charge on any atom is -0.452 e. The highest BCUT2D eigenvalue weighted by atomic mass is 35.5. The Morgan fingerprint density at radius 3 is 2.54 bits per heavy atom. The molecular formula is C17H15ClN2O5S. The lowest BCUT2D eigenvalue weighted by Gasteiger charge is -2.07. The number of nitro benzene ring substituents is 1. The van der Waals surface area contributed by atoms with Gasteiger partial charge in [-0.15, -0.1) is 11.8 Å². The summed E-state index contributed by atoms with van der Waals surface area (Å²) < 4.78 is 4.90. The fraction of sp³-hybridized carbons (Fsp3) is 0.176. The molecule has 0 heterocycles. The van der Waals surface area contributed by atoms with E-state index in [-0.39, 0.29) is 17.8 Å². The molecule has 1 N–H and O–H groups in total. The van der Waals surface area contributed by atoms with Crippen LogP contribution in [0, 0.1) is 10.1 Å². The van der Waals surface area contributed by atoms with Crippen LogP contribution in [0.4, 0.5) is 5.69 Å². The zero-order valence-corrected chi connectivity index (χ0v) is 15.3. The fourth-order valence-electron chi connectivity index (χ4n) is 2.03. The van der Waals surface area contributed by atoms with Gasteiger partial charge in [-0.25, -0.2) is 4.79 Å². The van der Waals surface area contributed by atoms with Crippen molar-refractivity contribution in [1.82, 2.24) is 5.32 Å². The maximum absolute atomic E-state index is 12.0. The molecule has 0 saturated heterocycles. The van der Waals surface area contributed by atoms with Crippen LogP contribution in [-0.4, -0.2) is 29.7 Å². The van der Waals surface area contributed by atoms with Crippen LogP contribution in [0.3, 0.4) is 0 Å². The van der Waals surface area contributed by atoms with Gasteiger partial charge in [0.1, 0.15) is 0 Å². The molecule has 0 unspecified atom stereocenters. The summed E-state index contributed by atoms with van der Waals surface area (Å²) in [4.78, 5) is 34.7. The number of carbonyl (C=O) groups excluding carboxylic acids is 2. The number of rotatable bonds is 7. The molecular weight excluding hydrogens is 380 g/mol. The van der Waals surface area contributed by atoms with Crippen molar-refractivity contribution in [3.05, 3.63) is 68.7 Å². The molecule has 26 heavy (non-hydrogen) atoms. The van der Waals surface area contributed by atoms with E-state index in [9.17, 15) is 19.7 Å². The van der Waals surface area contributed by atoms with Gasteiger partial charge in [-0.05, 0) is 36.1 Å². The maximum atomic E-state index is 12.0. The van der Waals surface area contributed by atoms with E-state index in [4.69, 9.17) is 16.3 Å². The van der Waals surface area contributed by atoms with Crippen LogP contribution in [0.5, 0.6) is 0 Å². The summed E-state index contributed by atoms with van der Waals surface area (Å²) in [6, 6.07) is 11.0. The van der Waals surface area contributed by atoms with Crippen LogP contribution in [0.25, 0.3) is 0 Å². The third-order valence-corrected chi connectivity index (χ3v) is 4.39. The van der Waals surface area contributed by atoms with Gasteiger partial charge in [0.25, 0.3) is 11.6 Å². The lowest BCUT2D eigenvalue weighted by atomic mass is 10.2. The third kappa shape index (κ3) is 5.47. The van der Waals surface area contributed by atoms with Gasteiger partial charge in [-0.2, -0.15) is 0 Å². The van der Waals surface area contributed by atoms with Gasteiger partial charge >= 0.3 is 5.97 Å². The van der Waals surface area contributed by atoms with Gasteiger partial charge in [0, 0.05) is 17.6 Å². The molecule has 0 radical (unpaired) electrons. The van der Waals surface area contributed by atoms with Crippen molar-refractivity contribution in [1.29, 1.82) is 0 Å². The minimum absolute atomic E-state index is 0.0139. The van der Waals surface area contributed by atoms with E-state index in [1.165, 1.54) is 23.9 Å². The molecule has 0 aliphatic carbocycles. The van der Waals surface area contributed by atoms with E-state index in [0.29, 0.717) is 9.92 Å². The molecule has 136 valence electrons. The second kappa shape index (κ2) is 9.21. The number of nitrogens with zero attached hydrogens (tertiary/aromatic N) is 1. The van der Waals surface area contributed by atoms with E-state index < -0.39 is 23.4 Å². The zero-order valence-electron chi connectivity index (χ0n) is 13.7. The average Bonchev–Trinajstić information content (AvgIpc) is 2.65. The van der Waals surface area contributed by atoms with Gasteiger partial charge in [-0.1, -0.05) is 23.7 Å². The van der Waals surface area contributed by atoms with Crippen molar-refractivity contribution in [3.63, 3.8) is 0 Å². The van der Waals surface area contributed by atoms with E-state index in [1.807, 2.05) is 0 Å². The van der Waals surface area contributed by atoms with Crippen molar-refractivity contribution in [2.75, 3.05) is 12.9 Å². The zero-order chi connectivity index (χ0) is 19.1. The Balaban J connectivity index is 1.89. The normalized spacial score (nSPS) is 10.2. The Bertz CT molecular complexity index is 826. The van der Waals surface area contributed by atoms with Gasteiger partial charge in [0.05, 0.1) is 15.4 Å². The highest BCUT2D eigenvalue weighted by Crippen LogP contribution is 2.28. The summed E-state index contributed by atoms with van der Waals surface area (Å²) in [7, 11) is 0. The van der Waals surface area contributed by atoms with Crippen molar-refractivity contribution in [3.8, 4) is 0 Å². The lowest BCUT2D eigenvalue weighted by Crippen LogP contribution is -2.28. The molecule has 1 amide bonds. The number of benzene rings is 2. The molecule has 9 heteroatoms. The van der Waals surface area contributed by atoms with Crippen molar-refractivity contribution >= 4 is 40.9 Å². The highest BCUT2D eigenvalue weighted by molar-refractivity contribution is 7.98. The Morgan fingerprint density at radius 2 is 1.92 bits per heavy atom. The molecule has 0 bridgehead atoms. The first-order valence-corrected chi connectivity index (χ1v) is 9.01. The molecule has 2 aromatic carbocycles. The second-order valence-corrected chi connectivity index (χ2v) is 6.41. The Kier molecular flexibility index (Phi) is 6.99. The molecule has 0 saturated carbocycles. The van der Waals surface area contributed by atoms with Crippen LogP contribution >= 0.6 is 23.4 Å². The predicted octanol–water partition coefficient (Wildman–Crippen LogP) is 3.44. The fourth-order valence-corrected chi connectivity index (χ4v) is 2.70. The monoisotopic (exact) mass is 394 g/mol. The largest absolute Gasteiger partial charge is 0.452 e. The van der Waals surface area contributed by atoms with Gasteiger partial charge in [0.2, 0.25) is 0 Å². The first-order valence-electron chi connectivity index (χ1n) is 7.41. The van der Waals surface area contributed by atoms with Crippen LogP contribution in [0.2, 0.25) is 5.02 Å². The van der Waals surface area contributed by atoms with Crippen molar-refractivity contribution < 1.29 is 19.2 Å². The number of amides is 1. The molecule has 0 spiro atoms. The summed E-state index contributed by atoms with van der Waals surface area (Å²) in [5.41, 5.74) is 0.677. The molecule has 7 nitrogen and oxygen atoms in total. The predicted molar refractivity (Wildman–Crippen MR) is 98.5 cm³/mol. The molecule has 0 fully saturated rings. The van der Waals surface area contributed by atoms with Crippen LogP contribution < -0.4 is 5.32 Å². The van der Waals surface area contributed by atoms with E-state index in [2.05, 4.69) is 5.32 Å². The molecule has 2 rings (SSSR count). The van der Waals surface area contributed by atoms with Gasteiger partial charge < -0.3 is 10.1 Å². The molecule has 0 atom stereocenters. The van der Waals surface area contributed by atoms with Crippen LogP contribution in [0.15, 0.2) is 47.4 Å². The lowest BCUT2D eigenvalue weighted by molar-refractivity contribution is -0.387. The quantitative estimate of drug-likeness (QED) is 0.334. The summed E-state index contributed by atoms with van der Waals surface area (Å²) in [5, 5.41) is 14.2. The van der Waals surface area contributed by atoms with E-state index >= 15 is 0 Å². The number of esters is 1. The smallest absolute Gasteiger partial charge is 0.338 e. The Morgan fingerprint density at radius 1 is 1.23 bits per heavy atom. The standard InChI is InChI=1S/C17H15ClN2O5S/c1-26-15-7-4-12(8-14(15)20(23)24)17(22)25-10-16(21)19-9-11-2-5-13(18)6-3-11/h2-8H,9-10H2,1H3,(H,19,21). The first-order chi connectivity index (χ1) is 12.4. The number of hydrogen-bond acceptors (Lipinski definition) is 6. The van der Waals surface area contributed by atoms with Crippen molar-refractivity contribution in [2.45, 2.75) is 11.4 Å². The summed E-state index contributed by atoms with van der Waals surface area (Å²) in [5.74, 6) is -1.29. The minimum atomic E-state index is -0.803. The number of nitro groups is 1. The number of hydrogen-bond donors (Lipinski definition) is 1. The van der Waals surface area contributed by atoms with Crippen LogP contribution in [0.1, 0.15) is 15.9 Å². The highest BCUT2D eigenvalue weighted by Gasteiger charge is 2.18. The second-order valence-electron chi connectivity index (χ2n) is 5.12. The Hall–Kier alpha value is -2.58. The first kappa shape index (κ1) is 19.7. The number of nitrogens with one attached hydrogen (secondary N) is 1. The Labute approximate surface area is 158 Å². The van der Waals surface area contributed by atoms with E-state index in [1.54, 1.807) is 30.5 Å². The number of thioether (sulfide) groups is 1. The third-order valence-electron chi connectivity index (χ3n) is 3.35. The van der Waals surface area contributed by atoms with E-state index in [0.717, 1.165) is 11.6 Å². The van der Waals surface area contributed by atoms with Gasteiger partial charge in [0.15, 0.2) is 6.61 Å². The number of ether oxygens (including phenoxy) is 1. The maximum Gasteiger partial charge on any atom is 0.338 e. The summed E-state index contributed by atoms with van der Waals surface area (Å²) in [6.45, 7) is -0.216. The van der Waals surface area contributed by atoms with Gasteiger partial charge in [-0.3, -0.25) is 14.9 Å². The van der Waals surface area contributed by atoms with Crippen LogP contribution in [-0.2, 0) is 16.1 Å². The average molecular weight is 395 g/mol. The summed E-state index contributed by atoms with van der Waals surface area (Å²) in [6.07, 6.45) is 1.70. The molecule has 2 aromatic rings. The SMILES string of the molecule is CSc1ccc(C(=O)OCC(=O)NCc2ccc(Cl)cc2)cc1[N+](=O)[O-]. The number of halogens is 1. The molecule has 0 aromatic heterocycles. The molecule has 0 aliphatic rings. The summed E-state index contributed by atoms with van der Waals surface area (Å²) >= 11 is 6.98. The molecule has 0 aliphatic heterocycles. The topological polar surface area (TPSA) is 98.5 Å². The van der Waals surface area contributed by atoms with Crippen molar-refractivity contribution in [2.24, 2.45) is 0 Å².